The van der Waals surface area contributed by atoms with Crippen molar-refractivity contribution in [1.82, 2.24) is 5.32 Å². The molecule has 0 saturated carbocycles. The van der Waals surface area contributed by atoms with Crippen molar-refractivity contribution in [3.63, 3.8) is 0 Å². The smallest absolute Gasteiger partial charge is 0.407 e. The van der Waals surface area contributed by atoms with Crippen LogP contribution in [0, 0.1) is 0 Å². The molecule has 0 aliphatic rings. The van der Waals surface area contributed by atoms with Crippen molar-refractivity contribution in [3.05, 3.63) is 65.2 Å². The number of aliphatic hydroxyl groups is 2. The number of aliphatic hydroxyl groups excluding tert-OH is 2. The number of benzene rings is 2. The van der Waals surface area contributed by atoms with Gasteiger partial charge in [0, 0.05) is 12.2 Å². The standard InChI is InChI=1S/C20H26N2O4/c1-2-15-12-16(8-9-17(15)21)19(24)18(23)10-11-22-20(25)26-13-14-6-4-3-5-7-14/h3-9,12,18-19,23-24H,2,10-11,13,21H2,1H3,(H,22,25). The predicted octanol–water partition coefficient (Wildman–Crippen LogP) is 2.54. The molecule has 0 aliphatic heterocycles. The van der Waals surface area contributed by atoms with Gasteiger partial charge in [-0.25, -0.2) is 4.79 Å². The lowest BCUT2D eigenvalue weighted by Gasteiger charge is -2.19. The molecule has 2 aromatic rings. The maximum Gasteiger partial charge on any atom is 0.407 e. The Labute approximate surface area is 153 Å². The zero-order chi connectivity index (χ0) is 18.9. The molecular weight excluding hydrogens is 332 g/mol. The first kappa shape index (κ1) is 19.8. The molecule has 0 saturated heterocycles. The second-order valence-corrected chi connectivity index (χ2v) is 6.10. The largest absolute Gasteiger partial charge is 0.445 e. The van der Waals surface area contributed by atoms with E-state index in [1.807, 2.05) is 37.3 Å². The number of carbonyl (C=O) groups excluding carboxylic acids is 1. The van der Waals surface area contributed by atoms with Crippen molar-refractivity contribution < 1.29 is 19.7 Å². The van der Waals surface area contributed by atoms with E-state index in [0.717, 1.165) is 17.5 Å². The summed E-state index contributed by atoms with van der Waals surface area (Å²) < 4.78 is 5.09. The van der Waals surface area contributed by atoms with Crippen molar-refractivity contribution in [3.8, 4) is 0 Å². The second-order valence-electron chi connectivity index (χ2n) is 6.10. The fraction of sp³-hybridized carbons (Fsp3) is 0.350. The van der Waals surface area contributed by atoms with E-state index in [1.54, 1.807) is 18.2 Å². The summed E-state index contributed by atoms with van der Waals surface area (Å²) in [6.07, 6.45) is -1.65. The lowest BCUT2D eigenvalue weighted by molar-refractivity contribution is 0.0136. The number of carbonyl (C=O) groups is 1. The number of nitrogen functional groups attached to an aromatic ring is 1. The van der Waals surface area contributed by atoms with Crippen molar-refractivity contribution in [2.75, 3.05) is 12.3 Å². The summed E-state index contributed by atoms with van der Waals surface area (Å²) in [7, 11) is 0. The van der Waals surface area contributed by atoms with Crippen molar-refractivity contribution in [2.24, 2.45) is 0 Å². The minimum Gasteiger partial charge on any atom is -0.445 e. The van der Waals surface area contributed by atoms with Gasteiger partial charge in [0.1, 0.15) is 12.7 Å². The molecule has 0 radical (unpaired) electrons. The molecular formula is C20H26N2O4. The topological polar surface area (TPSA) is 105 Å². The minimum atomic E-state index is -1.04. The SMILES string of the molecule is CCc1cc(C(O)C(O)CCNC(=O)OCc2ccccc2)ccc1N. The second kappa shape index (κ2) is 9.79. The Balaban J connectivity index is 1.75. The lowest BCUT2D eigenvalue weighted by Crippen LogP contribution is -2.29. The monoisotopic (exact) mass is 358 g/mol. The summed E-state index contributed by atoms with van der Waals surface area (Å²) >= 11 is 0. The van der Waals surface area contributed by atoms with E-state index in [-0.39, 0.29) is 19.6 Å². The van der Waals surface area contributed by atoms with Gasteiger partial charge in [-0.2, -0.15) is 0 Å². The molecule has 0 fully saturated rings. The molecule has 1 amide bonds. The molecule has 140 valence electrons. The summed E-state index contributed by atoms with van der Waals surface area (Å²) in [6.45, 7) is 2.35. The molecule has 0 aromatic heterocycles. The number of rotatable bonds is 8. The van der Waals surface area contributed by atoms with Crippen LogP contribution in [-0.4, -0.2) is 29.0 Å². The molecule has 26 heavy (non-hydrogen) atoms. The Hall–Kier alpha value is -2.57. The number of amides is 1. The highest BCUT2D eigenvalue weighted by Crippen LogP contribution is 2.23. The van der Waals surface area contributed by atoms with E-state index in [4.69, 9.17) is 10.5 Å². The number of alkyl carbamates (subject to hydrolysis) is 1. The molecule has 2 unspecified atom stereocenters. The van der Waals surface area contributed by atoms with Crippen LogP contribution < -0.4 is 11.1 Å². The quantitative estimate of drug-likeness (QED) is 0.543. The average Bonchev–Trinajstić information content (AvgIpc) is 2.67. The number of ether oxygens (including phenoxy) is 1. The zero-order valence-corrected chi connectivity index (χ0v) is 14.9. The van der Waals surface area contributed by atoms with Crippen LogP contribution in [0.15, 0.2) is 48.5 Å². The number of hydrogen-bond donors (Lipinski definition) is 4. The molecule has 0 heterocycles. The van der Waals surface area contributed by atoms with E-state index in [9.17, 15) is 15.0 Å². The van der Waals surface area contributed by atoms with Gasteiger partial charge in [-0.05, 0) is 35.6 Å². The van der Waals surface area contributed by atoms with Gasteiger partial charge in [-0.15, -0.1) is 0 Å². The molecule has 2 rings (SSSR count). The van der Waals surface area contributed by atoms with Gasteiger partial charge < -0.3 is 26.0 Å². The Morgan fingerprint density at radius 2 is 1.92 bits per heavy atom. The fourth-order valence-electron chi connectivity index (χ4n) is 2.59. The van der Waals surface area contributed by atoms with E-state index in [2.05, 4.69) is 5.32 Å². The van der Waals surface area contributed by atoms with Crippen molar-refractivity contribution in [2.45, 2.75) is 38.6 Å². The molecule has 6 heteroatoms. The Kier molecular flexibility index (Phi) is 7.44. The molecule has 0 spiro atoms. The highest BCUT2D eigenvalue weighted by Gasteiger charge is 2.19. The van der Waals surface area contributed by atoms with Crippen LogP contribution in [0.5, 0.6) is 0 Å². The number of nitrogens with two attached hydrogens (primary N) is 1. The maximum atomic E-state index is 11.7. The van der Waals surface area contributed by atoms with Crippen LogP contribution in [0.4, 0.5) is 10.5 Å². The third-order valence-corrected chi connectivity index (χ3v) is 4.18. The summed E-state index contributed by atoms with van der Waals surface area (Å²) in [6, 6.07) is 14.6. The number of hydrogen-bond acceptors (Lipinski definition) is 5. The first-order valence-corrected chi connectivity index (χ1v) is 8.70. The third-order valence-electron chi connectivity index (χ3n) is 4.18. The van der Waals surface area contributed by atoms with Crippen LogP contribution in [0.3, 0.4) is 0 Å². The fourth-order valence-corrected chi connectivity index (χ4v) is 2.59. The molecule has 0 aliphatic carbocycles. The van der Waals surface area contributed by atoms with E-state index in [0.29, 0.717) is 11.3 Å². The first-order chi connectivity index (χ1) is 12.5. The van der Waals surface area contributed by atoms with Crippen LogP contribution >= 0.6 is 0 Å². The predicted molar refractivity (Wildman–Crippen MR) is 100 cm³/mol. The van der Waals surface area contributed by atoms with Gasteiger partial charge >= 0.3 is 6.09 Å². The lowest BCUT2D eigenvalue weighted by atomic mass is 9.98. The Bertz CT molecular complexity index is 706. The minimum absolute atomic E-state index is 0.184. The van der Waals surface area contributed by atoms with Gasteiger partial charge in [0.2, 0.25) is 0 Å². The third kappa shape index (κ3) is 5.75. The molecule has 6 nitrogen and oxygen atoms in total. The molecule has 0 bridgehead atoms. The van der Waals surface area contributed by atoms with Gasteiger partial charge in [0.25, 0.3) is 0 Å². The van der Waals surface area contributed by atoms with E-state index in [1.165, 1.54) is 0 Å². The van der Waals surface area contributed by atoms with Gasteiger partial charge in [-0.3, -0.25) is 0 Å². The molecule has 2 atom stereocenters. The van der Waals surface area contributed by atoms with Gasteiger partial charge in [0.15, 0.2) is 0 Å². The van der Waals surface area contributed by atoms with Gasteiger partial charge in [-0.1, -0.05) is 49.4 Å². The molecule has 2 aromatic carbocycles. The molecule has 5 N–H and O–H groups in total. The number of nitrogens with one attached hydrogen (secondary N) is 1. The van der Waals surface area contributed by atoms with E-state index < -0.39 is 18.3 Å². The summed E-state index contributed by atoms with van der Waals surface area (Å²) in [5, 5.41) is 23.0. The highest BCUT2D eigenvalue weighted by molar-refractivity contribution is 5.67. The highest BCUT2D eigenvalue weighted by atomic mass is 16.5. The van der Waals surface area contributed by atoms with Crippen LogP contribution in [0.2, 0.25) is 0 Å². The Morgan fingerprint density at radius 1 is 1.19 bits per heavy atom. The Morgan fingerprint density at radius 3 is 2.62 bits per heavy atom. The normalized spacial score (nSPS) is 13.0. The average molecular weight is 358 g/mol. The van der Waals surface area contributed by atoms with Crippen molar-refractivity contribution in [1.29, 1.82) is 0 Å². The van der Waals surface area contributed by atoms with Crippen LogP contribution in [0.1, 0.15) is 36.1 Å². The van der Waals surface area contributed by atoms with Gasteiger partial charge in [0.05, 0.1) is 6.10 Å². The maximum absolute atomic E-state index is 11.7. The number of aryl methyl sites for hydroxylation is 1. The van der Waals surface area contributed by atoms with Crippen LogP contribution in [-0.2, 0) is 17.8 Å². The first-order valence-electron chi connectivity index (χ1n) is 8.70. The zero-order valence-electron chi connectivity index (χ0n) is 14.9. The summed E-state index contributed by atoms with van der Waals surface area (Å²) in [5.41, 5.74) is 8.95. The summed E-state index contributed by atoms with van der Waals surface area (Å²) in [5.74, 6) is 0. The van der Waals surface area contributed by atoms with Crippen molar-refractivity contribution >= 4 is 11.8 Å². The number of anilines is 1. The van der Waals surface area contributed by atoms with Crippen LogP contribution in [0.25, 0.3) is 0 Å². The van der Waals surface area contributed by atoms with E-state index >= 15 is 0 Å². The summed E-state index contributed by atoms with van der Waals surface area (Å²) in [4.78, 5) is 11.7.